The highest BCUT2D eigenvalue weighted by Gasteiger charge is 2.34. The minimum absolute atomic E-state index is 0.0284. The highest BCUT2D eigenvalue weighted by molar-refractivity contribution is 5.69. The minimum atomic E-state index is -0.857. The number of carbonyl (C=O) groups is 2. The number of carboxylic acid groups (broad SMARTS) is 1. The van der Waals surface area contributed by atoms with Crippen molar-refractivity contribution in [3.05, 3.63) is 35.9 Å². The second kappa shape index (κ2) is 7.79. The third-order valence-corrected chi connectivity index (χ3v) is 3.87. The van der Waals surface area contributed by atoms with Gasteiger partial charge >= 0.3 is 12.1 Å². The van der Waals surface area contributed by atoms with Gasteiger partial charge in [0.1, 0.15) is 6.61 Å². The number of ether oxygens (including phenoxy) is 1. The Morgan fingerprint density at radius 3 is 2.73 bits per heavy atom. The maximum absolute atomic E-state index is 12.0. The molecule has 1 saturated heterocycles. The lowest BCUT2D eigenvalue weighted by molar-refractivity contribution is -0.137. The lowest BCUT2D eigenvalue weighted by Crippen LogP contribution is -2.57. The van der Waals surface area contributed by atoms with E-state index < -0.39 is 17.6 Å². The summed E-state index contributed by atoms with van der Waals surface area (Å²) >= 11 is 0. The fourth-order valence-electron chi connectivity index (χ4n) is 2.67. The van der Waals surface area contributed by atoms with E-state index in [4.69, 9.17) is 9.84 Å². The van der Waals surface area contributed by atoms with E-state index in [2.05, 4.69) is 10.6 Å². The minimum Gasteiger partial charge on any atom is -0.481 e. The number of rotatable bonds is 6. The van der Waals surface area contributed by atoms with Crippen LogP contribution in [-0.4, -0.2) is 35.8 Å². The number of carboxylic acids is 1. The van der Waals surface area contributed by atoms with Crippen molar-refractivity contribution in [3.63, 3.8) is 0 Å². The SMILES string of the molecule is O=C(O)CC[C@@]1(NC(=O)OCc2ccccc2)CCCNC1. The number of carbonyl (C=O) groups excluding carboxylic acids is 1. The second-order valence-electron chi connectivity index (χ2n) is 5.64. The summed E-state index contributed by atoms with van der Waals surface area (Å²) in [5, 5.41) is 15.0. The first-order valence-electron chi connectivity index (χ1n) is 7.51. The molecule has 0 saturated carbocycles. The van der Waals surface area contributed by atoms with Crippen LogP contribution in [0.3, 0.4) is 0 Å². The molecule has 0 radical (unpaired) electrons. The molecule has 1 aromatic rings. The Hall–Kier alpha value is -2.08. The molecule has 0 aliphatic carbocycles. The van der Waals surface area contributed by atoms with Crippen LogP contribution in [0.15, 0.2) is 30.3 Å². The van der Waals surface area contributed by atoms with Gasteiger partial charge in [-0.15, -0.1) is 0 Å². The van der Waals surface area contributed by atoms with Gasteiger partial charge in [0.25, 0.3) is 0 Å². The quantitative estimate of drug-likeness (QED) is 0.747. The maximum atomic E-state index is 12.0. The number of amides is 1. The lowest BCUT2D eigenvalue weighted by atomic mass is 9.85. The first kappa shape index (κ1) is 16.3. The molecule has 1 heterocycles. The van der Waals surface area contributed by atoms with E-state index in [1.807, 2.05) is 30.3 Å². The van der Waals surface area contributed by atoms with Gasteiger partial charge in [0.2, 0.25) is 0 Å². The van der Waals surface area contributed by atoms with Crippen molar-refractivity contribution in [1.82, 2.24) is 10.6 Å². The van der Waals surface area contributed by atoms with Gasteiger partial charge in [0.15, 0.2) is 0 Å². The fraction of sp³-hybridized carbons (Fsp3) is 0.500. The van der Waals surface area contributed by atoms with Gasteiger partial charge in [-0.1, -0.05) is 30.3 Å². The number of aliphatic carboxylic acids is 1. The van der Waals surface area contributed by atoms with Crippen LogP contribution in [-0.2, 0) is 16.1 Å². The van der Waals surface area contributed by atoms with Gasteiger partial charge in [0, 0.05) is 13.0 Å². The average molecular weight is 306 g/mol. The number of nitrogens with one attached hydrogen (secondary N) is 2. The molecule has 120 valence electrons. The summed E-state index contributed by atoms with van der Waals surface area (Å²) in [4.78, 5) is 22.8. The molecule has 0 spiro atoms. The van der Waals surface area contributed by atoms with Crippen molar-refractivity contribution in [2.24, 2.45) is 0 Å². The largest absolute Gasteiger partial charge is 0.481 e. The Morgan fingerprint density at radius 1 is 1.32 bits per heavy atom. The van der Waals surface area contributed by atoms with Crippen molar-refractivity contribution in [2.75, 3.05) is 13.1 Å². The number of hydrogen-bond donors (Lipinski definition) is 3. The molecule has 22 heavy (non-hydrogen) atoms. The monoisotopic (exact) mass is 306 g/mol. The van der Waals surface area contributed by atoms with Crippen LogP contribution >= 0.6 is 0 Å². The van der Waals surface area contributed by atoms with Gasteiger partial charge < -0.3 is 20.5 Å². The van der Waals surface area contributed by atoms with Gasteiger partial charge in [-0.25, -0.2) is 4.79 Å². The Kier molecular flexibility index (Phi) is 5.77. The Bertz CT molecular complexity index is 498. The predicted molar refractivity (Wildman–Crippen MR) is 81.5 cm³/mol. The highest BCUT2D eigenvalue weighted by atomic mass is 16.5. The molecule has 1 fully saturated rings. The zero-order valence-electron chi connectivity index (χ0n) is 12.5. The normalized spacial score (nSPS) is 21.1. The summed E-state index contributed by atoms with van der Waals surface area (Å²) in [6.45, 7) is 1.66. The van der Waals surface area contributed by atoms with Crippen LogP contribution < -0.4 is 10.6 Å². The van der Waals surface area contributed by atoms with Crippen molar-refractivity contribution in [3.8, 4) is 0 Å². The highest BCUT2D eigenvalue weighted by Crippen LogP contribution is 2.22. The van der Waals surface area contributed by atoms with Crippen molar-refractivity contribution in [2.45, 2.75) is 37.8 Å². The first-order valence-corrected chi connectivity index (χ1v) is 7.51. The molecule has 6 heteroatoms. The molecule has 1 aromatic carbocycles. The number of hydrogen-bond acceptors (Lipinski definition) is 4. The van der Waals surface area contributed by atoms with Gasteiger partial charge in [-0.05, 0) is 31.4 Å². The van der Waals surface area contributed by atoms with E-state index >= 15 is 0 Å². The smallest absolute Gasteiger partial charge is 0.407 e. The molecule has 2 rings (SSSR count). The zero-order chi connectivity index (χ0) is 15.8. The number of alkyl carbamates (subject to hydrolysis) is 1. The summed E-state index contributed by atoms with van der Waals surface area (Å²) in [6, 6.07) is 9.44. The van der Waals surface area contributed by atoms with E-state index in [1.165, 1.54) is 0 Å². The lowest BCUT2D eigenvalue weighted by Gasteiger charge is -2.37. The maximum Gasteiger partial charge on any atom is 0.407 e. The topological polar surface area (TPSA) is 87.7 Å². The summed E-state index contributed by atoms with van der Waals surface area (Å²) < 4.78 is 5.24. The molecule has 0 bridgehead atoms. The standard InChI is InChI=1S/C16H22N2O4/c19-14(20)7-9-16(8-4-10-17-12-16)18-15(21)22-11-13-5-2-1-3-6-13/h1-3,5-6,17H,4,7-12H2,(H,18,21)(H,19,20)/t16-/m0/s1. The molecule has 1 atom stereocenters. The van der Waals surface area contributed by atoms with E-state index in [1.54, 1.807) is 0 Å². The first-order chi connectivity index (χ1) is 10.6. The second-order valence-corrected chi connectivity index (χ2v) is 5.64. The van der Waals surface area contributed by atoms with E-state index in [-0.39, 0.29) is 13.0 Å². The summed E-state index contributed by atoms with van der Waals surface area (Å²) in [7, 11) is 0. The summed E-state index contributed by atoms with van der Waals surface area (Å²) in [5.41, 5.74) is 0.378. The Morgan fingerprint density at radius 2 is 2.09 bits per heavy atom. The number of piperidine rings is 1. The van der Waals surface area contributed by atoms with E-state index in [0.29, 0.717) is 13.0 Å². The molecule has 0 unspecified atom stereocenters. The molecular formula is C16H22N2O4. The van der Waals surface area contributed by atoms with Crippen LogP contribution in [0.5, 0.6) is 0 Å². The van der Waals surface area contributed by atoms with Gasteiger partial charge in [-0.3, -0.25) is 4.79 Å². The van der Waals surface area contributed by atoms with Crippen LogP contribution in [0.2, 0.25) is 0 Å². The molecule has 1 amide bonds. The predicted octanol–water partition coefficient (Wildman–Crippen LogP) is 1.90. The average Bonchev–Trinajstić information content (AvgIpc) is 2.53. The summed E-state index contributed by atoms with van der Waals surface area (Å²) in [5.74, 6) is -0.857. The third kappa shape index (κ3) is 5.04. The van der Waals surface area contributed by atoms with Gasteiger partial charge in [-0.2, -0.15) is 0 Å². The van der Waals surface area contributed by atoms with E-state index in [9.17, 15) is 9.59 Å². The van der Waals surface area contributed by atoms with Crippen molar-refractivity contribution < 1.29 is 19.4 Å². The molecule has 3 N–H and O–H groups in total. The van der Waals surface area contributed by atoms with Crippen molar-refractivity contribution in [1.29, 1.82) is 0 Å². The van der Waals surface area contributed by atoms with Crippen LogP contribution in [0.4, 0.5) is 4.79 Å². The third-order valence-electron chi connectivity index (χ3n) is 3.87. The molecule has 1 aliphatic heterocycles. The zero-order valence-corrected chi connectivity index (χ0v) is 12.5. The van der Waals surface area contributed by atoms with Crippen LogP contribution in [0.25, 0.3) is 0 Å². The fourth-order valence-corrected chi connectivity index (χ4v) is 2.67. The van der Waals surface area contributed by atoms with Gasteiger partial charge in [0.05, 0.1) is 5.54 Å². The number of benzene rings is 1. The Labute approximate surface area is 129 Å². The Balaban J connectivity index is 1.88. The van der Waals surface area contributed by atoms with E-state index in [0.717, 1.165) is 24.9 Å². The molecular weight excluding hydrogens is 284 g/mol. The van der Waals surface area contributed by atoms with Crippen LogP contribution in [0.1, 0.15) is 31.2 Å². The summed E-state index contributed by atoms with van der Waals surface area (Å²) in [6.07, 6.45) is 1.58. The molecule has 1 aliphatic rings. The van der Waals surface area contributed by atoms with Crippen molar-refractivity contribution >= 4 is 12.1 Å². The molecule has 0 aromatic heterocycles. The molecule has 6 nitrogen and oxygen atoms in total. The van der Waals surface area contributed by atoms with Crippen LogP contribution in [0, 0.1) is 0 Å².